The van der Waals surface area contributed by atoms with Crippen LogP contribution in [0.25, 0.3) is 11.4 Å². The van der Waals surface area contributed by atoms with Gasteiger partial charge >= 0.3 is 0 Å². The number of aromatic amines is 1. The molecule has 0 saturated heterocycles. The number of carbonyl (C=O) groups excluding carboxylic acids is 1. The van der Waals surface area contributed by atoms with E-state index in [9.17, 15) is 4.79 Å². The van der Waals surface area contributed by atoms with Gasteiger partial charge in [0.15, 0.2) is 0 Å². The van der Waals surface area contributed by atoms with Crippen molar-refractivity contribution < 1.29 is 4.79 Å². The molecule has 1 amide bonds. The Kier molecular flexibility index (Phi) is 3.30. The smallest absolute Gasteiger partial charge is 0.259 e. The van der Waals surface area contributed by atoms with E-state index in [1.54, 1.807) is 24.7 Å². The molecule has 0 fully saturated rings. The fourth-order valence-electron chi connectivity index (χ4n) is 2.95. The van der Waals surface area contributed by atoms with Gasteiger partial charge in [-0.25, -0.2) is 9.97 Å². The molecule has 0 unspecified atom stereocenters. The van der Waals surface area contributed by atoms with Crippen molar-refractivity contribution in [1.82, 2.24) is 19.5 Å². The lowest BCUT2D eigenvalue weighted by atomic mass is 10.0. The number of anilines is 1. The number of imidazole rings is 1. The van der Waals surface area contributed by atoms with E-state index in [1.165, 1.54) is 0 Å². The van der Waals surface area contributed by atoms with Crippen LogP contribution in [-0.2, 0) is 6.42 Å². The van der Waals surface area contributed by atoms with Gasteiger partial charge in [0.1, 0.15) is 11.6 Å². The molecule has 6 nitrogen and oxygen atoms in total. The van der Waals surface area contributed by atoms with Crippen LogP contribution >= 0.6 is 15.9 Å². The molecule has 3 aromatic rings. The van der Waals surface area contributed by atoms with Crippen LogP contribution in [0.5, 0.6) is 0 Å². The molecular weight excluding hydrogens is 358 g/mol. The number of rotatable bonds is 2. The normalized spacial score (nSPS) is 15.8. The minimum absolute atomic E-state index is 0.193. The molecule has 0 aliphatic carbocycles. The summed E-state index contributed by atoms with van der Waals surface area (Å²) in [6.45, 7) is 2.14. The molecule has 0 spiro atoms. The standard InChI is InChI=1S/C16H14BrN5O/c1-9-6-12-14(15-18-4-5-22(9)15)11(8-19-12)16(23)21-13-3-2-10(17)7-20-13/h2-5,7-9,19H,6H2,1H3,(H,20,21,23)/t9-/m1/s1. The van der Waals surface area contributed by atoms with E-state index >= 15 is 0 Å². The third-order valence-electron chi connectivity index (χ3n) is 4.04. The average Bonchev–Trinajstić information content (AvgIpc) is 3.15. The Morgan fingerprint density at radius 2 is 2.30 bits per heavy atom. The summed E-state index contributed by atoms with van der Waals surface area (Å²) in [7, 11) is 0. The van der Waals surface area contributed by atoms with Crippen molar-refractivity contribution in [2.75, 3.05) is 5.32 Å². The third-order valence-corrected chi connectivity index (χ3v) is 4.51. The lowest BCUT2D eigenvalue weighted by Gasteiger charge is -2.22. The second kappa shape index (κ2) is 5.34. The first-order chi connectivity index (χ1) is 11.1. The monoisotopic (exact) mass is 371 g/mol. The molecule has 4 heterocycles. The minimum Gasteiger partial charge on any atom is -0.364 e. The Morgan fingerprint density at radius 1 is 1.43 bits per heavy atom. The van der Waals surface area contributed by atoms with Crippen LogP contribution in [0.2, 0.25) is 0 Å². The van der Waals surface area contributed by atoms with Crippen molar-refractivity contribution >= 4 is 27.7 Å². The van der Waals surface area contributed by atoms with Crippen LogP contribution in [0.1, 0.15) is 29.0 Å². The molecule has 0 aromatic carbocycles. The average molecular weight is 372 g/mol. The van der Waals surface area contributed by atoms with E-state index < -0.39 is 0 Å². The molecule has 4 rings (SSSR count). The van der Waals surface area contributed by atoms with Gasteiger partial charge in [-0.15, -0.1) is 0 Å². The van der Waals surface area contributed by atoms with E-state index in [1.807, 2.05) is 12.3 Å². The van der Waals surface area contributed by atoms with Crippen LogP contribution in [0.15, 0.2) is 41.4 Å². The number of H-pyrrole nitrogens is 1. The topological polar surface area (TPSA) is 75.6 Å². The number of hydrogen-bond acceptors (Lipinski definition) is 3. The van der Waals surface area contributed by atoms with E-state index in [2.05, 4.69) is 47.7 Å². The lowest BCUT2D eigenvalue weighted by molar-refractivity contribution is 0.102. The zero-order valence-electron chi connectivity index (χ0n) is 12.4. The first-order valence-corrected chi connectivity index (χ1v) is 8.09. The molecule has 3 aromatic heterocycles. The molecule has 2 N–H and O–H groups in total. The van der Waals surface area contributed by atoms with Crippen molar-refractivity contribution in [2.45, 2.75) is 19.4 Å². The van der Waals surface area contributed by atoms with E-state index in [-0.39, 0.29) is 5.91 Å². The summed E-state index contributed by atoms with van der Waals surface area (Å²) in [5, 5.41) is 2.83. The van der Waals surface area contributed by atoms with Crippen molar-refractivity contribution in [1.29, 1.82) is 0 Å². The first kappa shape index (κ1) is 14.2. The number of carbonyl (C=O) groups is 1. The number of aromatic nitrogens is 4. The number of pyridine rings is 1. The molecule has 0 radical (unpaired) electrons. The van der Waals surface area contributed by atoms with Crippen molar-refractivity contribution in [3.05, 3.63) is 52.7 Å². The summed E-state index contributed by atoms with van der Waals surface area (Å²) >= 11 is 3.33. The molecule has 7 heteroatoms. The van der Waals surface area contributed by atoms with Crippen molar-refractivity contribution in [3.8, 4) is 11.4 Å². The maximum Gasteiger partial charge on any atom is 0.259 e. The van der Waals surface area contributed by atoms with Gasteiger partial charge in [0, 0.05) is 47.4 Å². The quantitative estimate of drug-likeness (QED) is 0.724. The highest BCUT2D eigenvalue weighted by molar-refractivity contribution is 9.10. The summed E-state index contributed by atoms with van der Waals surface area (Å²) in [5.41, 5.74) is 2.51. The highest BCUT2D eigenvalue weighted by atomic mass is 79.9. The number of halogens is 1. The third kappa shape index (κ3) is 2.37. The van der Waals surface area contributed by atoms with E-state index in [0.717, 1.165) is 28.0 Å². The van der Waals surface area contributed by atoms with Crippen LogP contribution in [0, 0.1) is 0 Å². The van der Waals surface area contributed by atoms with Gasteiger partial charge in [0.2, 0.25) is 0 Å². The van der Waals surface area contributed by atoms with Crippen LogP contribution in [0.4, 0.5) is 5.82 Å². The second-order valence-electron chi connectivity index (χ2n) is 5.58. The molecular formula is C16H14BrN5O. The Morgan fingerprint density at radius 3 is 3.09 bits per heavy atom. The van der Waals surface area contributed by atoms with Gasteiger partial charge in [-0.05, 0) is 35.0 Å². The van der Waals surface area contributed by atoms with Gasteiger partial charge in [0.05, 0.1) is 11.1 Å². The number of nitrogens with zero attached hydrogens (tertiary/aromatic N) is 3. The highest BCUT2D eigenvalue weighted by Gasteiger charge is 2.28. The first-order valence-electron chi connectivity index (χ1n) is 7.30. The van der Waals surface area contributed by atoms with E-state index in [0.29, 0.717) is 17.4 Å². The summed E-state index contributed by atoms with van der Waals surface area (Å²) in [6, 6.07) is 3.91. The maximum atomic E-state index is 12.6. The summed E-state index contributed by atoms with van der Waals surface area (Å²) in [4.78, 5) is 24.4. The fraction of sp³-hybridized carbons (Fsp3) is 0.188. The lowest BCUT2D eigenvalue weighted by Crippen LogP contribution is -2.18. The van der Waals surface area contributed by atoms with Crippen LogP contribution in [0.3, 0.4) is 0 Å². The van der Waals surface area contributed by atoms with E-state index in [4.69, 9.17) is 0 Å². The van der Waals surface area contributed by atoms with Crippen molar-refractivity contribution in [3.63, 3.8) is 0 Å². The zero-order chi connectivity index (χ0) is 16.0. The molecule has 0 saturated carbocycles. The predicted molar refractivity (Wildman–Crippen MR) is 90.3 cm³/mol. The summed E-state index contributed by atoms with van der Waals surface area (Å²) in [5.74, 6) is 1.15. The number of amides is 1. The number of fused-ring (bicyclic) bond motifs is 3. The van der Waals surface area contributed by atoms with Gasteiger partial charge in [-0.1, -0.05) is 0 Å². The summed E-state index contributed by atoms with van der Waals surface area (Å²) < 4.78 is 2.97. The predicted octanol–water partition coefficient (Wildman–Crippen LogP) is 3.41. The van der Waals surface area contributed by atoms with Gasteiger partial charge in [-0.3, -0.25) is 4.79 Å². The number of nitrogens with one attached hydrogen (secondary N) is 2. The van der Waals surface area contributed by atoms with Gasteiger partial charge in [-0.2, -0.15) is 0 Å². The van der Waals surface area contributed by atoms with Gasteiger partial charge in [0.25, 0.3) is 5.91 Å². The Balaban J connectivity index is 1.70. The molecule has 1 atom stereocenters. The van der Waals surface area contributed by atoms with Gasteiger partial charge < -0.3 is 14.9 Å². The maximum absolute atomic E-state index is 12.6. The SMILES string of the molecule is C[C@@H]1Cc2[nH]cc(C(=O)Nc3ccc(Br)cn3)c2-c2nccn21. The zero-order valence-corrected chi connectivity index (χ0v) is 14.0. The van der Waals surface area contributed by atoms with Crippen LogP contribution < -0.4 is 5.32 Å². The number of hydrogen-bond donors (Lipinski definition) is 2. The molecule has 116 valence electrons. The Labute approximate surface area is 141 Å². The Hall–Kier alpha value is -2.41. The second-order valence-corrected chi connectivity index (χ2v) is 6.50. The molecule has 23 heavy (non-hydrogen) atoms. The van der Waals surface area contributed by atoms with Crippen LogP contribution in [-0.4, -0.2) is 25.4 Å². The minimum atomic E-state index is -0.193. The van der Waals surface area contributed by atoms with Crippen molar-refractivity contribution in [2.24, 2.45) is 0 Å². The largest absolute Gasteiger partial charge is 0.364 e. The fourth-order valence-corrected chi connectivity index (χ4v) is 3.19. The molecule has 1 aliphatic rings. The molecule has 0 bridgehead atoms. The molecule has 1 aliphatic heterocycles. The highest BCUT2D eigenvalue weighted by Crippen LogP contribution is 2.35. The Bertz CT molecular complexity index is 880. The summed E-state index contributed by atoms with van der Waals surface area (Å²) in [6.07, 6.45) is 7.97.